The van der Waals surface area contributed by atoms with Crippen LogP contribution in [0.3, 0.4) is 0 Å². The highest BCUT2D eigenvalue weighted by atomic mass is 32.2. The first-order chi connectivity index (χ1) is 8.27. The summed E-state index contributed by atoms with van der Waals surface area (Å²) in [6.45, 7) is 4.10. The van der Waals surface area contributed by atoms with Crippen molar-refractivity contribution in [1.82, 2.24) is 0 Å². The topological polar surface area (TPSA) is 17.1 Å². The molecule has 0 saturated heterocycles. The van der Waals surface area contributed by atoms with Gasteiger partial charge in [-0.05, 0) is 23.3 Å². The van der Waals surface area contributed by atoms with E-state index in [1.807, 2.05) is 30.8 Å². The first-order valence-corrected chi connectivity index (χ1v) is 8.11. The number of rotatable bonds is 4. The fourth-order valence-electron chi connectivity index (χ4n) is 1.89. The summed E-state index contributed by atoms with van der Waals surface area (Å²) in [5.41, 5.74) is 0. The van der Waals surface area contributed by atoms with Gasteiger partial charge in [-0.25, -0.2) is 0 Å². The summed E-state index contributed by atoms with van der Waals surface area (Å²) in [5, 5.41) is 2.35. The van der Waals surface area contributed by atoms with Crippen molar-refractivity contribution in [2.75, 3.05) is 11.5 Å². The highest BCUT2D eigenvalue weighted by Gasteiger charge is 2.10. The molecule has 2 rings (SSSR count). The molecule has 0 bridgehead atoms. The molecule has 0 saturated carbocycles. The van der Waals surface area contributed by atoms with Crippen LogP contribution in [0, 0.1) is 0 Å². The minimum Gasteiger partial charge on any atom is -0.254 e. The summed E-state index contributed by atoms with van der Waals surface area (Å²) >= 11 is 1.81. The second kappa shape index (κ2) is 5.69. The number of fused-ring (bicyclic) bond motifs is 1. The van der Waals surface area contributed by atoms with E-state index in [4.69, 9.17) is 0 Å². The zero-order valence-corrected chi connectivity index (χ0v) is 11.7. The summed E-state index contributed by atoms with van der Waals surface area (Å²) in [6.07, 6.45) is 0. The van der Waals surface area contributed by atoms with Crippen molar-refractivity contribution in [1.29, 1.82) is 0 Å². The Balaban J connectivity index is 2.71. The first kappa shape index (κ1) is 12.7. The van der Waals surface area contributed by atoms with E-state index in [2.05, 4.69) is 31.2 Å². The predicted molar refractivity (Wildman–Crippen MR) is 77.3 cm³/mol. The van der Waals surface area contributed by atoms with Crippen LogP contribution < -0.4 is 0 Å². The van der Waals surface area contributed by atoms with Gasteiger partial charge in [0.25, 0.3) is 0 Å². The third-order valence-corrected chi connectivity index (χ3v) is 4.93. The molecular formula is C14H16OS2. The standard InChI is InChI=1S/C14H16OS2/c1-3-16-12-9-5-7-11-8-6-10-13(14(11)12)17(15)4-2/h5-10H,3-4H2,1-2H3. The smallest absolute Gasteiger partial charge is 0.0533 e. The summed E-state index contributed by atoms with van der Waals surface area (Å²) < 4.78 is 12.1. The highest BCUT2D eigenvalue weighted by Crippen LogP contribution is 2.32. The van der Waals surface area contributed by atoms with Gasteiger partial charge in [0.2, 0.25) is 0 Å². The van der Waals surface area contributed by atoms with E-state index in [-0.39, 0.29) is 0 Å². The number of thioether (sulfide) groups is 1. The lowest BCUT2D eigenvalue weighted by atomic mass is 10.1. The van der Waals surface area contributed by atoms with Crippen LogP contribution in [0.4, 0.5) is 0 Å². The van der Waals surface area contributed by atoms with Crippen molar-refractivity contribution in [3.8, 4) is 0 Å². The quantitative estimate of drug-likeness (QED) is 0.774. The fraction of sp³-hybridized carbons (Fsp3) is 0.286. The maximum absolute atomic E-state index is 12.1. The molecule has 0 aliphatic heterocycles. The van der Waals surface area contributed by atoms with Gasteiger partial charge in [-0.15, -0.1) is 11.8 Å². The van der Waals surface area contributed by atoms with E-state index in [1.54, 1.807) is 0 Å². The molecule has 2 aromatic rings. The molecule has 0 fully saturated rings. The van der Waals surface area contributed by atoms with Crippen LogP contribution in [-0.2, 0) is 10.8 Å². The number of hydrogen-bond acceptors (Lipinski definition) is 2. The minimum absolute atomic E-state index is 0.671. The van der Waals surface area contributed by atoms with Gasteiger partial charge < -0.3 is 0 Å². The monoisotopic (exact) mass is 264 g/mol. The van der Waals surface area contributed by atoms with E-state index in [1.165, 1.54) is 15.7 Å². The Morgan fingerprint density at radius 1 is 1.12 bits per heavy atom. The van der Waals surface area contributed by atoms with Crippen LogP contribution in [0.1, 0.15) is 13.8 Å². The van der Waals surface area contributed by atoms with Crippen LogP contribution in [0.5, 0.6) is 0 Å². The Kier molecular flexibility index (Phi) is 4.24. The van der Waals surface area contributed by atoms with E-state index in [0.717, 1.165) is 10.6 Å². The van der Waals surface area contributed by atoms with E-state index >= 15 is 0 Å². The van der Waals surface area contributed by atoms with Crippen LogP contribution in [0.15, 0.2) is 46.2 Å². The van der Waals surface area contributed by atoms with Gasteiger partial charge in [0.05, 0.1) is 10.8 Å². The molecule has 3 heteroatoms. The van der Waals surface area contributed by atoms with Crippen molar-refractivity contribution in [3.63, 3.8) is 0 Å². The molecule has 1 unspecified atom stereocenters. The van der Waals surface area contributed by atoms with Crippen LogP contribution in [-0.4, -0.2) is 15.7 Å². The van der Waals surface area contributed by atoms with Crippen molar-refractivity contribution in [2.24, 2.45) is 0 Å². The van der Waals surface area contributed by atoms with Crippen molar-refractivity contribution in [3.05, 3.63) is 36.4 Å². The zero-order chi connectivity index (χ0) is 12.3. The second-order valence-corrected chi connectivity index (χ2v) is 6.69. The molecule has 90 valence electrons. The number of hydrogen-bond donors (Lipinski definition) is 0. The molecule has 17 heavy (non-hydrogen) atoms. The maximum Gasteiger partial charge on any atom is 0.0533 e. The van der Waals surface area contributed by atoms with Crippen LogP contribution in [0.25, 0.3) is 10.8 Å². The third kappa shape index (κ3) is 2.55. The summed E-state index contributed by atoms with van der Waals surface area (Å²) in [6, 6.07) is 12.3. The highest BCUT2D eigenvalue weighted by molar-refractivity contribution is 7.99. The first-order valence-electron chi connectivity index (χ1n) is 5.80. The van der Waals surface area contributed by atoms with Gasteiger partial charge in [-0.1, -0.05) is 38.1 Å². The van der Waals surface area contributed by atoms with Gasteiger partial charge in [-0.2, -0.15) is 0 Å². The van der Waals surface area contributed by atoms with Crippen molar-refractivity contribution < 1.29 is 4.21 Å². The van der Waals surface area contributed by atoms with Gasteiger partial charge in [0, 0.05) is 20.9 Å². The summed E-state index contributed by atoms with van der Waals surface area (Å²) in [4.78, 5) is 2.21. The average Bonchev–Trinajstić information content (AvgIpc) is 2.38. The molecule has 1 nitrogen and oxygen atoms in total. The molecular weight excluding hydrogens is 248 g/mol. The molecule has 0 N–H and O–H groups in total. The molecule has 0 spiro atoms. The largest absolute Gasteiger partial charge is 0.254 e. The maximum atomic E-state index is 12.1. The lowest BCUT2D eigenvalue weighted by molar-refractivity contribution is 0.684. The van der Waals surface area contributed by atoms with Crippen molar-refractivity contribution >= 4 is 33.3 Å². The van der Waals surface area contributed by atoms with Crippen LogP contribution >= 0.6 is 11.8 Å². The average molecular weight is 264 g/mol. The van der Waals surface area contributed by atoms with Gasteiger partial charge in [0.15, 0.2) is 0 Å². The molecule has 0 aliphatic rings. The number of benzene rings is 2. The molecule has 0 radical (unpaired) electrons. The summed E-state index contributed by atoms with van der Waals surface area (Å²) in [5.74, 6) is 1.70. The van der Waals surface area contributed by atoms with E-state index in [0.29, 0.717) is 5.75 Å². The van der Waals surface area contributed by atoms with Crippen LogP contribution in [0.2, 0.25) is 0 Å². The lowest BCUT2D eigenvalue weighted by Gasteiger charge is -2.09. The third-order valence-electron chi connectivity index (χ3n) is 2.64. The molecule has 0 aromatic heterocycles. The van der Waals surface area contributed by atoms with Crippen molar-refractivity contribution in [2.45, 2.75) is 23.6 Å². The Labute approximate surface area is 109 Å². The van der Waals surface area contributed by atoms with E-state index in [9.17, 15) is 4.21 Å². The Morgan fingerprint density at radius 3 is 2.47 bits per heavy atom. The zero-order valence-electron chi connectivity index (χ0n) is 10.1. The molecule has 0 amide bonds. The lowest BCUT2D eigenvalue weighted by Crippen LogP contribution is -1.96. The van der Waals surface area contributed by atoms with Gasteiger partial charge in [0.1, 0.15) is 0 Å². The van der Waals surface area contributed by atoms with E-state index < -0.39 is 10.8 Å². The molecule has 0 heterocycles. The predicted octanol–water partition coefficient (Wildman–Crippen LogP) is 4.08. The Morgan fingerprint density at radius 2 is 1.82 bits per heavy atom. The van der Waals surface area contributed by atoms with Gasteiger partial charge in [-0.3, -0.25) is 4.21 Å². The molecule has 2 aromatic carbocycles. The second-order valence-electron chi connectivity index (χ2n) is 3.68. The minimum atomic E-state index is -0.892. The van der Waals surface area contributed by atoms with Gasteiger partial charge >= 0.3 is 0 Å². The summed E-state index contributed by atoms with van der Waals surface area (Å²) in [7, 11) is -0.892. The normalized spacial score (nSPS) is 12.8. The fourth-order valence-corrected chi connectivity index (χ4v) is 3.81. The molecule has 1 atom stereocenters. The SMILES string of the molecule is CCSc1cccc2cccc(S(=O)CC)c12. The Bertz CT molecular complexity index is 544. The molecule has 0 aliphatic carbocycles. The Hall–Kier alpha value is -0.800.